The average Bonchev–Trinajstić information content (AvgIpc) is 3.10. The molecule has 0 radical (unpaired) electrons. The summed E-state index contributed by atoms with van der Waals surface area (Å²) in [6.07, 6.45) is 3.78. The lowest BCUT2D eigenvalue weighted by Gasteiger charge is -2.57. The molecule has 4 rings (SSSR count). The smallest absolute Gasteiger partial charge is 0.0699 e. The molecule has 0 amide bonds. The number of hydrogen-bond donors (Lipinski definition) is 3. The Labute approximate surface area is 144 Å². The molecule has 1 saturated carbocycles. The van der Waals surface area contributed by atoms with Crippen molar-refractivity contribution in [3.63, 3.8) is 0 Å². The van der Waals surface area contributed by atoms with Gasteiger partial charge in [-0.05, 0) is 42.8 Å². The van der Waals surface area contributed by atoms with Gasteiger partial charge < -0.3 is 20.3 Å². The third kappa shape index (κ3) is 2.48. The largest absolute Gasteiger partial charge is 0.391 e. The van der Waals surface area contributed by atoms with Gasteiger partial charge >= 0.3 is 0 Å². The first-order valence-electron chi connectivity index (χ1n) is 9.17. The maximum absolute atomic E-state index is 10.6. The van der Waals surface area contributed by atoms with Gasteiger partial charge in [-0.3, -0.25) is 0 Å². The van der Waals surface area contributed by atoms with Crippen LogP contribution in [0.5, 0.6) is 0 Å². The molecule has 2 unspecified atom stereocenters. The summed E-state index contributed by atoms with van der Waals surface area (Å²) in [5, 5.41) is 15.5. The van der Waals surface area contributed by atoms with Crippen molar-refractivity contribution in [2.75, 3.05) is 13.6 Å². The summed E-state index contributed by atoms with van der Waals surface area (Å²) in [5.41, 5.74) is 2.78. The SMILES string of the molecule is CC(C)C1N(C)CC12C[C@@H](O)[C@H](NCc1cccc3cc[nH]c13)C2. The van der Waals surface area contributed by atoms with Crippen LogP contribution in [0, 0.1) is 11.3 Å². The minimum absolute atomic E-state index is 0.199. The molecule has 0 bridgehead atoms. The van der Waals surface area contributed by atoms with E-state index >= 15 is 0 Å². The lowest BCUT2D eigenvalue weighted by atomic mass is 9.66. The van der Waals surface area contributed by atoms with Gasteiger partial charge in [-0.25, -0.2) is 0 Å². The first-order chi connectivity index (χ1) is 11.5. The van der Waals surface area contributed by atoms with Crippen molar-refractivity contribution in [3.05, 3.63) is 36.0 Å². The molecule has 1 aliphatic carbocycles. The zero-order chi connectivity index (χ0) is 16.9. The Bertz CT molecular complexity index is 720. The molecule has 4 atom stereocenters. The number of para-hydroxylation sites is 1. The van der Waals surface area contributed by atoms with E-state index in [4.69, 9.17) is 0 Å². The third-order valence-electron chi connectivity index (χ3n) is 6.23. The Kier molecular flexibility index (Phi) is 3.94. The van der Waals surface area contributed by atoms with E-state index in [1.807, 2.05) is 6.20 Å². The maximum atomic E-state index is 10.6. The average molecular weight is 327 g/mol. The Morgan fingerprint density at radius 2 is 2.17 bits per heavy atom. The first-order valence-corrected chi connectivity index (χ1v) is 9.17. The molecule has 1 saturated heterocycles. The van der Waals surface area contributed by atoms with E-state index in [-0.39, 0.29) is 12.1 Å². The van der Waals surface area contributed by atoms with E-state index < -0.39 is 0 Å². The molecule has 4 heteroatoms. The number of hydrogen-bond acceptors (Lipinski definition) is 3. The van der Waals surface area contributed by atoms with Crippen LogP contribution in [-0.2, 0) is 6.54 Å². The number of nitrogens with one attached hydrogen (secondary N) is 2. The van der Waals surface area contributed by atoms with E-state index in [1.165, 1.54) is 16.5 Å². The number of aliphatic hydroxyl groups is 1. The molecular weight excluding hydrogens is 298 g/mol. The Hall–Kier alpha value is -1.36. The van der Waals surface area contributed by atoms with Gasteiger partial charge in [0.05, 0.1) is 6.10 Å². The number of aromatic nitrogens is 1. The highest BCUT2D eigenvalue weighted by Crippen LogP contribution is 2.52. The monoisotopic (exact) mass is 327 g/mol. The van der Waals surface area contributed by atoms with Crippen molar-refractivity contribution in [3.8, 4) is 0 Å². The fraction of sp³-hybridized carbons (Fsp3) is 0.600. The molecular formula is C20H29N3O. The third-order valence-corrected chi connectivity index (χ3v) is 6.23. The van der Waals surface area contributed by atoms with Crippen LogP contribution in [0.25, 0.3) is 10.9 Å². The highest BCUT2D eigenvalue weighted by Gasteiger charge is 2.57. The van der Waals surface area contributed by atoms with Crippen molar-refractivity contribution in [2.24, 2.45) is 11.3 Å². The summed E-state index contributed by atoms with van der Waals surface area (Å²) in [5.74, 6) is 0.641. The second kappa shape index (κ2) is 5.87. The Morgan fingerprint density at radius 3 is 2.92 bits per heavy atom. The predicted octanol–water partition coefficient (Wildman–Crippen LogP) is 2.74. The number of benzene rings is 1. The molecule has 1 aromatic heterocycles. The van der Waals surface area contributed by atoms with Crippen molar-refractivity contribution >= 4 is 10.9 Å². The van der Waals surface area contributed by atoms with E-state index in [2.05, 4.69) is 60.4 Å². The van der Waals surface area contributed by atoms with Gasteiger partial charge in [0.2, 0.25) is 0 Å². The lowest BCUT2D eigenvalue weighted by Crippen LogP contribution is -2.64. The fourth-order valence-electron chi connectivity index (χ4n) is 5.59. The normalized spacial score (nSPS) is 33.6. The van der Waals surface area contributed by atoms with Crippen molar-refractivity contribution in [1.29, 1.82) is 0 Å². The second-order valence-corrected chi connectivity index (χ2v) is 8.29. The van der Waals surface area contributed by atoms with Gasteiger partial charge in [0, 0.05) is 42.3 Å². The minimum Gasteiger partial charge on any atom is -0.391 e. The van der Waals surface area contributed by atoms with E-state index in [0.717, 1.165) is 25.9 Å². The molecule has 2 aliphatic rings. The van der Waals surface area contributed by atoms with Crippen LogP contribution < -0.4 is 5.32 Å². The molecule has 24 heavy (non-hydrogen) atoms. The number of rotatable bonds is 4. The number of aromatic amines is 1. The summed E-state index contributed by atoms with van der Waals surface area (Å²) < 4.78 is 0. The highest BCUT2D eigenvalue weighted by molar-refractivity contribution is 5.82. The maximum Gasteiger partial charge on any atom is 0.0699 e. The molecule has 4 nitrogen and oxygen atoms in total. The number of fused-ring (bicyclic) bond motifs is 1. The molecule has 1 aromatic carbocycles. The highest BCUT2D eigenvalue weighted by atomic mass is 16.3. The van der Waals surface area contributed by atoms with Crippen LogP contribution in [0.1, 0.15) is 32.3 Å². The van der Waals surface area contributed by atoms with E-state index in [1.54, 1.807) is 0 Å². The van der Waals surface area contributed by atoms with Gasteiger partial charge in [0.25, 0.3) is 0 Å². The summed E-state index contributed by atoms with van der Waals surface area (Å²) in [6, 6.07) is 9.31. The zero-order valence-electron chi connectivity index (χ0n) is 14.9. The van der Waals surface area contributed by atoms with E-state index in [0.29, 0.717) is 17.4 Å². The quantitative estimate of drug-likeness (QED) is 0.809. The van der Waals surface area contributed by atoms with Crippen LogP contribution >= 0.6 is 0 Å². The number of H-pyrrole nitrogens is 1. The van der Waals surface area contributed by atoms with Crippen LogP contribution in [0.3, 0.4) is 0 Å². The predicted molar refractivity (Wildman–Crippen MR) is 97.9 cm³/mol. The van der Waals surface area contributed by atoms with Gasteiger partial charge in [0.1, 0.15) is 0 Å². The standard InChI is InChI=1S/C20H29N3O/c1-13(2)19-20(12-23(19)3)9-16(17(24)10-20)22-11-15-6-4-5-14-7-8-21-18(14)15/h4-8,13,16-17,19,21-22,24H,9-12H2,1-3H3/t16-,17-,19?,20?/m1/s1. The number of aliphatic hydroxyl groups excluding tert-OH is 1. The molecule has 3 N–H and O–H groups in total. The topological polar surface area (TPSA) is 51.3 Å². The number of nitrogens with zero attached hydrogens (tertiary/aromatic N) is 1. The van der Waals surface area contributed by atoms with Gasteiger partial charge in [-0.15, -0.1) is 0 Å². The van der Waals surface area contributed by atoms with Crippen LogP contribution in [0.15, 0.2) is 30.5 Å². The molecule has 130 valence electrons. The first kappa shape index (κ1) is 16.1. The Morgan fingerprint density at radius 1 is 1.33 bits per heavy atom. The molecule has 2 heterocycles. The van der Waals surface area contributed by atoms with Crippen molar-refractivity contribution < 1.29 is 5.11 Å². The van der Waals surface area contributed by atoms with Crippen LogP contribution in [0.4, 0.5) is 0 Å². The Balaban J connectivity index is 1.45. The van der Waals surface area contributed by atoms with Gasteiger partial charge in [-0.2, -0.15) is 0 Å². The minimum atomic E-state index is -0.234. The lowest BCUT2D eigenvalue weighted by molar-refractivity contribution is -0.0828. The van der Waals surface area contributed by atoms with Gasteiger partial charge in [0.15, 0.2) is 0 Å². The van der Waals surface area contributed by atoms with Crippen LogP contribution in [0.2, 0.25) is 0 Å². The fourth-order valence-corrected chi connectivity index (χ4v) is 5.59. The zero-order valence-corrected chi connectivity index (χ0v) is 14.9. The van der Waals surface area contributed by atoms with Gasteiger partial charge in [-0.1, -0.05) is 32.0 Å². The summed E-state index contributed by atoms with van der Waals surface area (Å²) in [6.45, 7) is 6.54. The molecule has 2 aromatic rings. The molecule has 2 fully saturated rings. The summed E-state index contributed by atoms with van der Waals surface area (Å²) in [4.78, 5) is 5.79. The van der Waals surface area contributed by atoms with E-state index in [9.17, 15) is 5.11 Å². The summed E-state index contributed by atoms with van der Waals surface area (Å²) in [7, 11) is 2.22. The molecule has 1 spiro atoms. The van der Waals surface area contributed by atoms with Crippen molar-refractivity contribution in [2.45, 2.75) is 51.4 Å². The van der Waals surface area contributed by atoms with Crippen molar-refractivity contribution in [1.82, 2.24) is 15.2 Å². The molecule has 1 aliphatic heterocycles. The second-order valence-electron chi connectivity index (χ2n) is 8.29. The number of likely N-dealkylation sites (tertiary alicyclic amines) is 1. The van der Waals surface area contributed by atoms with Crippen LogP contribution in [-0.4, -0.2) is 46.8 Å². The summed E-state index contributed by atoms with van der Waals surface area (Å²) >= 11 is 0.